The maximum atomic E-state index is 13.7. The molecule has 0 aliphatic heterocycles. The Morgan fingerprint density at radius 3 is 2.53 bits per heavy atom. The quantitative estimate of drug-likeness (QED) is 0.471. The van der Waals surface area contributed by atoms with Gasteiger partial charge in [0.25, 0.3) is 0 Å². The molecular formula is C21H15F3N4O2. The van der Waals surface area contributed by atoms with E-state index in [9.17, 15) is 13.2 Å². The lowest BCUT2D eigenvalue weighted by Crippen LogP contribution is -2.02. The summed E-state index contributed by atoms with van der Waals surface area (Å²) in [5.41, 5.74) is 2.01. The summed E-state index contributed by atoms with van der Waals surface area (Å²) < 4.78 is 50.7. The topological polar surface area (TPSA) is 72.9 Å². The Labute approximate surface area is 169 Å². The normalized spacial score (nSPS) is 10.8. The van der Waals surface area contributed by atoms with Crippen LogP contribution < -0.4 is 9.47 Å². The molecule has 0 atom stereocenters. The molecule has 1 aromatic carbocycles. The first-order valence-corrected chi connectivity index (χ1v) is 8.81. The van der Waals surface area contributed by atoms with E-state index in [-0.39, 0.29) is 12.3 Å². The van der Waals surface area contributed by atoms with Crippen molar-refractivity contribution >= 4 is 0 Å². The number of imidazole rings is 1. The van der Waals surface area contributed by atoms with Crippen molar-refractivity contribution in [3.63, 3.8) is 0 Å². The molecule has 0 aliphatic rings. The summed E-state index contributed by atoms with van der Waals surface area (Å²) in [7, 11) is 1.50. The van der Waals surface area contributed by atoms with Gasteiger partial charge in [0, 0.05) is 29.5 Å². The van der Waals surface area contributed by atoms with E-state index < -0.39 is 17.6 Å². The van der Waals surface area contributed by atoms with E-state index in [4.69, 9.17) is 9.47 Å². The van der Waals surface area contributed by atoms with Crippen LogP contribution in [0.3, 0.4) is 0 Å². The molecule has 0 bridgehead atoms. The van der Waals surface area contributed by atoms with Crippen LogP contribution in [0.5, 0.6) is 11.5 Å². The summed E-state index contributed by atoms with van der Waals surface area (Å²) in [4.78, 5) is 14.7. The van der Waals surface area contributed by atoms with Gasteiger partial charge in [-0.3, -0.25) is 4.98 Å². The summed E-state index contributed by atoms with van der Waals surface area (Å²) in [5.74, 6) is -0.663. The predicted molar refractivity (Wildman–Crippen MR) is 102 cm³/mol. The van der Waals surface area contributed by atoms with Gasteiger partial charge in [-0.25, -0.2) is 18.7 Å². The van der Waals surface area contributed by atoms with Gasteiger partial charge in [0.2, 0.25) is 5.95 Å². The summed E-state index contributed by atoms with van der Waals surface area (Å²) in [5, 5.41) is 0. The van der Waals surface area contributed by atoms with Crippen molar-refractivity contribution < 1.29 is 22.6 Å². The Bertz CT molecular complexity index is 1180. The fourth-order valence-corrected chi connectivity index (χ4v) is 2.81. The SMILES string of the molecule is COc1cc(OCc2ncc(F)cc2F)ccc1-c1cnc(-c2ccc(F)nc2)[nH]1. The molecule has 0 spiro atoms. The van der Waals surface area contributed by atoms with Crippen LogP contribution in [0.4, 0.5) is 13.2 Å². The third-order valence-corrected chi connectivity index (χ3v) is 4.30. The van der Waals surface area contributed by atoms with E-state index in [1.807, 2.05) is 0 Å². The second-order valence-corrected chi connectivity index (χ2v) is 6.25. The number of hydrogen-bond acceptors (Lipinski definition) is 5. The molecule has 152 valence electrons. The number of methoxy groups -OCH3 is 1. The minimum atomic E-state index is -0.779. The maximum Gasteiger partial charge on any atom is 0.212 e. The van der Waals surface area contributed by atoms with Crippen LogP contribution in [-0.4, -0.2) is 27.0 Å². The van der Waals surface area contributed by atoms with Crippen molar-refractivity contribution in [1.82, 2.24) is 19.9 Å². The number of H-pyrrole nitrogens is 1. The zero-order valence-corrected chi connectivity index (χ0v) is 15.7. The van der Waals surface area contributed by atoms with Crippen LogP contribution in [0.15, 0.2) is 55.0 Å². The van der Waals surface area contributed by atoms with Crippen LogP contribution in [0.25, 0.3) is 22.6 Å². The van der Waals surface area contributed by atoms with Crippen LogP contribution in [-0.2, 0) is 6.61 Å². The highest BCUT2D eigenvalue weighted by Gasteiger charge is 2.13. The van der Waals surface area contributed by atoms with Gasteiger partial charge in [0.05, 0.1) is 25.2 Å². The number of aromatic nitrogens is 4. The van der Waals surface area contributed by atoms with Crippen LogP contribution >= 0.6 is 0 Å². The molecule has 0 amide bonds. The molecule has 3 aromatic heterocycles. The largest absolute Gasteiger partial charge is 0.496 e. The average molecular weight is 412 g/mol. The molecule has 0 saturated heterocycles. The van der Waals surface area contributed by atoms with Gasteiger partial charge in [-0.15, -0.1) is 0 Å². The average Bonchev–Trinajstić information content (AvgIpc) is 3.23. The zero-order chi connectivity index (χ0) is 21.1. The number of rotatable bonds is 6. The highest BCUT2D eigenvalue weighted by molar-refractivity contribution is 5.70. The Kier molecular flexibility index (Phi) is 5.34. The first-order chi connectivity index (χ1) is 14.5. The molecule has 0 fully saturated rings. The number of aromatic amines is 1. The van der Waals surface area contributed by atoms with Gasteiger partial charge < -0.3 is 14.5 Å². The molecule has 30 heavy (non-hydrogen) atoms. The third kappa shape index (κ3) is 4.09. The molecule has 0 aliphatic carbocycles. The highest BCUT2D eigenvalue weighted by atomic mass is 19.1. The zero-order valence-electron chi connectivity index (χ0n) is 15.7. The number of hydrogen-bond donors (Lipinski definition) is 1. The van der Waals surface area contributed by atoms with E-state index in [0.717, 1.165) is 12.3 Å². The van der Waals surface area contributed by atoms with Gasteiger partial charge >= 0.3 is 0 Å². The Balaban J connectivity index is 1.54. The third-order valence-electron chi connectivity index (χ3n) is 4.30. The minimum absolute atomic E-state index is 0.00874. The predicted octanol–water partition coefficient (Wildman–Crippen LogP) is 4.54. The van der Waals surface area contributed by atoms with Gasteiger partial charge in [-0.05, 0) is 24.3 Å². The monoisotopic (exact) mass is 412 g/mol. The standard InChI is InChI=1S/C21H15F3N4O2/c1-29-19-7-14(30-11-18-16(23)6-13(22)9-25-18)3-4-15(19)17-10-27-21(28-17)12-2-5-20(24)26-8-12/h2-10H,11H2,1H3,(H,27,28). The summed E-state index contributed by atoms with van der Waals surface area (Å²) in [6.07, 6.45) is 3.93. The molecule has 0 unspecified atom stereocenters. The van der Waals surface area contributed by atoms with Crippen molar-refractivity contribution in [3.8, 4) is 34.1 Å². The fraction of sp³-hybridized carbons (Fsp3) is 0.0952. The van der Waals surface area contributed by atoms with Crippen molar-refractivity contribution in [2.75, 3.05) is 7.11 Å². The van der Waals surface area contributed by atoms with E-state index in [1.54, 1.807) is 30.5 Å². The van der Waals surface area contributed by atoms with E-state index in [1.165, 1.54) is 19.4 Å². The first kappa shape index (κ1) is 19.4. The molecule has 0 saturated carbocycles. The first-order valence-electron chi connectivity index (χ1n) is 8.81. The van der Waals surface area contributed by atoms with Gasteiger partial charge in [0.1, 0.15) is 35.4 Å². The number of pyridine rings is 2. The van der Waals surface area contributed by atoms with Crippen LogP contribution in [0.2, 0.25) is 0 Å². The molecule has 3 heterocycles. The van der Waals surface area contributed by atoms with Gasteiger partial charge in [0.15, 0.2) is 5.82 Å². The summed E-state index contributed by atoms with van der Waals surface area (Å²) in [6.45, 7) is -0.166. The lowest BCUT2D eigenvalue weighted by Gasteiger charge is -2.11. The molecule has 4 aromatic rings. The molecule has 4 rings (SSSR count). The van der Waals surface area contributed by atoms with E-state index in [2.05, 4.69) is 19.9 Å². The number of nitrogens with one attached hydrogen (secondary N) is 1. The van der Waals surface area contributed by atoms with Crippen LogP contribution in [0, 0.1) is 17.6 Å². The Morgan fingerprint density at radius 2 is 1.80 bits per heavy atom. The lowest BCUT2D eigenvalue weighted by atomic mass is 10.1. The van der Waals surface area contributed by atoms with Crippen LogP contribution in [0.1, 0.15) is 5.69 Å². The molecule has 9 heteroatoms. The summed E-state index contributed by atoms with van der Waals surface area (Å²) in [6, 6.07) is 8.64. The Hall–Kier alpha value is -3.88. The number of nitrogens with zero attached hydrogens (tertiary/aromatic N) is 3. The second-order valence-electron chi connectivity index (χ2n) is 6.25. The van der Waals surface area contributed by atoms with Gasteiger partial charge in [-0.1, -0.05) is 0 Å². The summed E-state index contributed by atoms with van der Waals surface area (Å²) >= 11 is 0. The number of halogens is 3. The molecule has 1 N–H and O–H groups in total. The molecule has 0 radical (unpaired) electrons. The maximum absolute atomic E-state index is 13.7. The highest BCUT2D eigenvalue weighted by Crippen LogP contribution is 2.33. The van der Waals surface area contributed by atoms with Crippen molar-refractivity contribution in [2.45, 2.75) is 6.61 Å². The smallest absolute Gasteiger partial charge is 0.212 e. The van der Waals surface area contributed by atoms with Crippen molar-refractivity contribution in [1.29, 1.82) is 0 Å². The van der Waals surface area contributed by atoms with E-state index in [0.29, 0.717) is 34.1 Å². The van der Waals surface area contributed by atoms with Crippen molar-refractivity contribution in [3.05, 3.63) is 78.3 Å². The number of benzene rings is 1. The van der Waals surface area contributed by atoms with E-state index >= 15 is 0 Å². The lowest BCUT2D eigenvalue weighted by molar-refractivity contribution is 0.291. The minimum Gasteiger partial charge on any atom is -0.496 e. The number of ether oxygens (including phenoxy) is 2. The molecular weight excluding hydrogens is 397 g/mol. The van der Waals surface area contributed by atoms with Crippen molar-refractivity contribution in [2.24, 2.45) is 0 Å². The van der Waals surface area contributed by atoms with Gasteiger partial charge in [-0.2, -0.15) is 4.39 Å². The molecule has 6 nitrogen and oxygen atoms in total. The second kappa shape index (κ2) is 8.24. The fourth-order valence-electron chi connectivity index (χ4n) is 2.81. The Morgan fingerprint density at radius 1 is 0.933 bits per heavy atom.